The molecular weight excluding hydrogens is 254 g/mol. The predicted molar refractivity (Wildman–Crippen MR) is 78.1 cm³/mol. The van der Waals surface area contributed by atoms with Crippen LogP contribution in [0.2, 0.25) is 0 Å². The van der Waals surface area contributed by atoms with E-state index in [1.54, 1.807) is 25.3 Å². The first-order valence-corrected chi connectivity index (χ1v) is 7.06. The van der Waals surface area contributed by atoms with Crippen molar-refractivity contribution < 1.29 is 14.3 Å². The normalized spacial score (nSPS) is 27.1. The molecule has 20 heavy (non-hydrogen) atoms. The van der Waals surface area contributed by atoms with Gasteiger partial charge in [-0.25, -0.2) is 4.79 Å². The molecule has 0 bridgehead atoms. The zero-order valence-corrected chi connectivity index (χ0v) is 12.6. The van der Waals surface area contributed by atoms with Gasteiger partial charge in [-0.1, -0.05) is 13.0 Å². The quantitative estimate of drug-likeness (QED) is 0.796. The average Bonchev–Trinajstić information content (AvgIpc) is 2.44. The molecule has 1 aliphatic rings. The van der Waals surface area contributed by atoms with Crippen molar-refractivity contribution in [2.24, 2.45) is 5.92 Å². The molecule has 1 aliphatic heterocycles. The maximum atomic E-state index is 12.2. The standard InChI is InChI=1S/C16H23NO3/c1-11-10-17(3)12(2)8-15(11)20-16(18)13-6-5-7-14(9-13)19-4/h5-7,9,11-12,15H,8,10H2,1-4H3. The summed E-state index contributed by atoms with van der Waals surface area (Å²) in [6.07, 6.45) is 0.868. The topological polar surface area (TPSA) is 38.8 Å². The molecule has 4 nitrogen and oxygen atoms in total. The largest absolute Gasteiger partial charge is 0.497 e. The van der Waals surface area contributed by atoms with Crippen LogP contribution < -0.4 is 4.74 Å². The summed E-state index contributed by atoms with van der Waals surface area (Å²) >= 11 is 0. The molecule has 0 radical (unpaired) electrons. The number of ether oxygens (including phenoxy) is 2. The second-order valence-electron chi connectivity index (χ2n) is 5.68. The third kappa shape index (κ3) is 3.31. The summed E-state index contributed by atoms with van der Waals surface area (Å²) in [5.41, 5.74) is 0.545. The number of nitrogens with zero attached hydrogens (tertiary/aromatic N) is 1. The van der Waals surface area contributed by atoms with E-state index in [1.165, 1.54) is 0 Å². The molecule has 0 amide bonds. The van der Waals surface area contributed by atoms with Gasteiger partial charge in [-0.15, -0.1) is 0 Å². The summed E-state index contributed by atoms with van der Waals surface area (Å²) in [5.74, 6) is 0.757. The molecule has 0 aliphatic carbocycles. The monoisotopic (exact) mass is 277 g/mol. The van der Waals surface area contributed by atoms with Crippen LogP contribution >= 0.6 is 0 Å². The lowest BCUT2D eigenvalue weighted by atomic mass is 9.92. The van der Waals surface area contributed by atoms with Gasteiger partial charge in [-0.3, -0.25) is 0 Å². The molecule has 2 rings (SSSR count). The van der Waals surface area contributed by atoms with Gasteiger partial charge in [0.1, 0.15) is 11.9 Å². The van der Waals surface area contributed by atoms with Crippen molar-refractivity contribution in [3.63, 3.8) is 0 Å². The van der Waals surface area contributed by atoms with Crippen molar-refractivity contribution in [2.75, 3.05) is 20.7 Å². The minimum absolute atomic E-state index is 0.0140. The van der Waals surface area contributed by atoms with Crippen molar-refractivity contribution >= 4 is 5.97 Å². The molecular formula is C16H23NO3. The lowest BCUT2D eigenvalue weighted by molar-refractivity contribution is -0.0196. The zero-order chi connectivity index (χ0) is 14.7. The molecule has 0 saturated carbocycles. The Hall–Kier alpha value is -1.55. The molecule has 1 heterocycles. The molecule has 0 N–H and O–H groups in total. The maximum Gasteiger partial charge on any atom is 0.338 e. The number of methoxy groups -OCH3 is 1. The van der Waals surface area contributed by atoms with E-state index < -0.39 is 0 Å². The number of hydrogen-bond donors (Lipinski definition) is 0. The minimum atomic E-state index is -0.266. The van der Waals surface area contributed by atoms with Gasteiger partial charge < -0.3 is 14.4 Å². The van der Waals surface area contributed by atoms with Crippen LogP contribution in [0.25, 0.3) is 0 Å². The summed E-state index contributed by atoms with van der Waals surface area (Å²) in [6, 6.07) is 7.53. The summed E-state index contributed by atoms with van der Waals surface area (Å²) in [7, 11) is 3.70. The Morgan fingerprint density at radius 2 is 2.10 bits per heavy atom. The van der Waals surface area contributed by atoms with Crippen LogP contribution in [0.4, 0.5) is 0 Å². The number of benzene rings is 1. The number of rotatable bonds is 3. The number of esters is 1. The van der Waals surface area contributed by atoms with Crippen molar-refractivity contribution in [2.45, 2.75) is 32.4 Å². The van der Waals surface area contributed by atoms with Gasteiger partial charge in [0.05, 0.1) is 12.7 Å². The van der Waals surface area contributed by atoms with E-state index in [1.807, 2.05) is 6.07 Å². The van der Waals surface area contributed by atoms with Crippen LogP contribution in [0.15, 0.2) is 24.3 Å². The molecule has 0 spiro atoms. The highest BCUT2D eigenvalue weighted by Gasteiger charge is 2.31. The van der Waals surface area contributed by atoms with Crippen molar-refractivity contribution in [3.8, 4) is 5.75 Å². The number of piperidine rings is 1. The van der Waals surface area contributed by atoms with Crippen LogP contribution in [0.3, 0.4) is 0 Å². The van der Waals surface area contributed by atoms with E-state index in [4.69, 9.17) is 9.47 Å². The molecule has 3 unspecified atom stereocenters. The predicted octanol–water partition coefficient (Wildman–Crippen LogP) is 2.58. The molecule has 1 aromatic rings. The van der Waals surface area contributed by atoms with Crippen molar-refractivity contribution in [1.82, 2.24) is 4.90 Å². The Kier molecular flexibility index (Phi) is 4.65. The second kappa shape index (κ2) is 6.27. The number of hydrogen-bond acceptors (Lipinski definition) is 4. The van der Waals surface area contributed by atoms with E-state index in [0.717, 1.165) is 13.0 Å². The molecule has 3 atom stereocenters. The van der Waals surface area contributed by atoms with Gasteiger partial charge in [-0.05, 0) is 38.6 Å². The van der Waals surface area contributed by atoms with Gasteiger partial charge in [0.25, 0.3) is 0 Å². The highest BCUT2D eigenvalue weighted by atomic mass is 16.5. The molecule has 110 valence electrons. The molecule has 4 heteroatoms. The maximum absolute atomic E-state index is 12.2. The first-order valence-electron chi connectivity index (χ1n) is 7.06. The van der Waals surface area contributed by atoms with Gasteiger partial charge in [-0.2, -0.15) is 0 Å². The Balaban J connectivity index is 2.03. The fourth-order valence-corrected chi connectivity index (χ4v) is 2.62. The van der Waals surface area contributed by atoms with E-state index in [-0.39, 0.29) is 12.1 Å². The van der Waals surface area contributed by atoms with E-state index >= 15 is 0 Å². The highest BCUT2D eigenvalue weighted by Crippen LogP contribution is 2.25. The van der Waals surface area contributed by atoms with Gasteiger partial charge >= 0.3 is 5.97 Å². The minimum Gasteiger partial charge on any atom is -0.497 e. The van der Waals surface area contributed by atoms with Crippen LogP contribution in [-0.4, -0.2) is 43.7 Å². The Morgan fingerprint density at radius 3 is 2.80 bits per heavy atom. The fraction of sp³-hybridized carbons (Fsp3) is 0.562. The average molecular weight is 277 g/mol. The molecule has 1 aromatic carbocycles. The van der Waals surface area contributed by atoms with Crippen LogP contribution in [-0.2, 0) is 4.74 Å². The van der Waals surface area contributed by atoms with Crippen LogP contribution in [0.1, 0.15) is 30.6 Å². The zero-order valence-electron chi connectivity index (χ0n) is 12.6. The fourth-order valence-electron chi connectivity index (χ4n) is 2.62. The lowest BCUT2D eigenvalue weighted by Gasteiger charge is -2.39. The van der Waals surface area contributed by atoms with Gasteiger partial charge in [0, 0.05) is 18.5 Å². The van der Waals surface area contributed by atoms with Gasteiger partial charge in [0.15, 0.2) is 0 Å². The molecule has 1 fully saturated rings. The summed E-state index contributed by atoms with van der Waals surface area (Å²) in [6.45, 7) is 5.25. The number of carbonyl (C=O) groups is 1. The third-order valence-corrected chi connectivity index (χ3v) is 4.10. The summed E-state index contributed by atoms with van der Waals surface area (Å²) < 4.78 is 10.8. The lowest BCUT2D eigenvalue weighted by Crippen LogP contribution is -2.46. The number of likely N-dealkylation sites (tertiary alicyclic amines) is 1. The van der Waals surface area contributed by atoms with E-state index in [2.05, 4.69) is 25.8 Å². The molecule has 0 aromatic heterocycles. The van der Waals surface area contributed by atoms with Crippen LogP contribution in [0.5, 0.6) is 5.75 Å². The van der Waals surface area contributed by atoms with E-state index in [0.29, 0.717) is 23.3 Å². The first kappa shape index (κ1) is 14.9. The van der Waals surface area contributed by atoms with Crippen molar-refractivity contribution in [3.05, 3.63) is 29.8 Å². The molecule has 1 saturated heterocycles. The Bertz CT molecular complexity index is 475. The smallest absolute Gasteiger partial charge is 0.338 e. The Labute approximate surface area is 120 Å². The third-order valence-electron chi connectivity index (χ3n) is 4.10. The van der Waals surface area contributed by atoms with Gasteiger partial charge in [0.2, 0.25) is 0 Å². The Morgan fingerprint density at radius 1 is 1.35 bits per heavy atom. The number of carbonyl (C=O) groups excluding carboxylic acids is 1. The van der Waals surface area contributed by atoms with Crippen LogP contribution in [0, 0.1) is 5.92 Å². The summed E-state index contributed by atoms with van der Waals surface area (Å²) in [4.78, 5) is 14.5. The summed E-state index contributed by atoms with van der Waals surface area (Å²) in [5, 5.41) is 0. The SMILES string of the molecule is COc1cccc(C(=O)OC2CC(C)N(C)CC2C)c1. The van der Waals surface area contributed by atoms with E-state index in [9.17, 15) is 4.79 Å². The second-order valence-corrected chi connectivity index (χ2v) is 5.68. The first-order chi connectivity index (χ1) is 9.51. The highest BCUT2D eigenvalue weighted by molar-refractivity contribution is 5.90. The van der Waals surface area contributed by atoms with Crippen molar-refractivity contribution in [1.29, 1.82) is 0 Å².